The molecule has 3 N–H and O–H groups in total. The third-order valence-corrected chi connectivity index (χ3v) is 2.15. The molecule has 88 valence electrons. The molecule has 1 unspecified atom stereocenters. The van der Waals surface area contributed by atoms with Crippen LogP contribution >= 0.6 is 0 Å². The van der Waals surface area contributed by atoms with Gasteiger partial charge in [-0.2, -0.15) is 8.78 Å². The Hall–Kier alpha value is -1.69. The molecule has 0 amide bonds. The second-order valence-corrected chi connectivity index (χ2v) is 3.18. The van der Waals surface area contributed by atoms with Crippen molar-refractivity contribution in [2.24, 2.45) is 5.73 Å². The van der Waals surface area contributed by atoms with Gasteiger partial charge in [0.2, 0.25) is 0 Å². The molecule has 0 spiro atoms. The molecule has 1 atom stereocenters. The first kappa shape index (κ1) is 12.4. The number of ether oxygens (including phenoxy) is 1. The maximum atomic E-state index is 13.1. The van der Waals surface area contributed by atoms with Gasteiger partial charge in [-0.15, -0.1) is 0 Å². The summed E-state index contributed by atoms with van der Waals surface area (Å²) < 4.78 is 30.9. The van der Waals surface area contributed by atoms with Gasteiger partial charge >= 0.3 is 11.9 Å². The largest absolute Gasteiger partial charge is 0.497 e. The molecule has 0 aliphatic rings. The number of nitrogens with two attached hydrogens (primary N) is 1. The molecule has 0 saturated carbocycles. The highest BCUT2D eigenvalue weighted by Crippen LogP contribution is 2.30. The number of aliphatic carboxylic acids is 1. The Bertz CT molecular complexity index is 378. The Balaban J connectivity index is 2.96. The van der Waals surface area contributed by atoms with Gasteiger partial charge in [-0.05, 0) is 17.7 Å². The number of rotatable bonds is 4. The van der Waals surface area contributed by atoms with Gasteiger partial charge in [-0.1, -0.05) is 12.1 Å². The molecule has 4 nitrogen and oxygen atoms in total. The minimum absolute atomic E-state index is 0.0354. The fourth-order valence-electron chi connectivity index (χ4n) is 1.15. The number of hydrogen-bond acceptors (Lipinski definition) is 3. The molecule has 0 aromatic heterocycles. The summed E-state index contributed by atoms with van der Waals surface area (Å²) in [4.78, 5) is 10.3. The Morgan fingerprint density at radius 1 is 1.44 bits per heavy atom. The van der Waals surface area contributed by atoms with E-state index in [1.165, 1.54) is 31.4 Å². The van der Waals surface area contributed by atoms with E-state index in [2.05, 4.69) is 0 Å². The maximum Gasteiger partial charge on any atom is 0.376 e. The van der Waals surface area contributed by atoms with Crippen molar-refractivity contribution in [3.05, 3.63) is 29.8 Å². The van der Waals surface area contributed by atoms with Crippen LogP contribution in [-0.4, -0.2) is 24.1 Å². The first-order valence-electron chi connectivity index (χ1n) is 4.40. The number of methoxy groups -OCH3 is 1. The summed E-state index contributed by atoms with van der Waals surface area (Å²) in [5, 5.41) is 8.32. The number of benzene rings is 1. The lowest BCUT2D eigenvalue weighted by atomic mass is 10.0. The molecule has 0 fully saturated rings. The van der Waals surface area contributed by atoms with Gasteiger partial charge < -0.3 is 15.6 Å². The standard InChI is InChI=1S/C10H11F2NO3/c1-16-7-4-2-6(3-5-7)8(13)10(11,12)9(14)15/h2-5,8H,13H2,1H3,(H,14,15). The number of alkyl halides is 2. The van der Waals surface area contributed by atoms with Crippen molar-refractivity contribution in [1.82, 2.24) is 0 Å². The summed E-state index contributed by atoms with van der Waals surface area (Å²) in [5.74, 6) is -5.75. The summed E-state index contributed by atoms with van der Waals surface area (Å²) in [6.07, 6.45) is 0. The summed E-state index contributed by atoms with van der Waals surface area (Å²) in [5.41, 5.74) is 5.23. The van der Waals surface area contributed by atoms with E-state index in [1.54, 1.807) is 0 Å². The highest BCUT2D eigenvalue weighted by Gasteiger charge is 2.46. The highest BCUT2D eigenvalue weighted by atomic mass is 19.3. The molecule has 0 saturated heterocycles. The average Bonchev–Trinajstić information content (AvgIpc) is 2.28. The zero-order valence-corrected chi connectivity index (χ0v) is 8.48. The molecule has 0 aliphatic heterocycles. The van der Waals surface area contributed by atoms with E-state index in [0.717, 1.165) is 0 Å². The first-order chi connectivity index (χ1) is 7.39. The van der Waals surface area contributed by atoms with Crippen LogP contribution in [0, 0.1) is 0 Å². The van der Waals surface area contributed by atoms with E-state index in [-0.39, 0.29) is 5.56 Å². The van der Waals surface area contributed by atoms with Crippen LogP contribution in [0.15, 0.2) is 24.3 Å². The summed E-state index contributed by atoms with van der Waals surface area (Å²) in [7, 11) is 1.43. The highest BCUT2D eigenvalue weighted by molar-refractivity contribution is 5.76. The van der Waals surface area contributed by atoms with Crippen LogP contribution in [0.5, 0.6) is 5.75 Å². The van der Waals surface area contributed by atoms with Crippen LogP contribution in [0.3, 0.4) is 0 Å². The third kappa shape index (κ3) is 2.27. The van der Waals surface area contributed by atoms with E-state index in [1.807, 2.05) is 0 Å². The Morgan fingerprint density at radius 2 is 1.94 bits per heavy atom. The number of carboxylic acids is 1. The van der Waals surface area contributed by atoms with E-state index >= 15 is 0 Å². The quantitative estimate of drug-likeness (QED) is 0.821. The van der Waals surface area contributed by atoms with Gasteiger partial charge in [0.05, 0.1) is 7.11 Å². The van der Waals surface area contributed by atoms with Crippen molar-refractivity contribution < 1.29 is 23.4 Å². The van der Waals surface area contributed by atoms with Crippen molar-refractivity contribution in [1.29, 1.82) is 0 Å². The van der Waals surface area contributed by atoms with E-state index in [4.69, 9.17) is 15.6 Å². The first-order valence-corrected chi connectivity index (χ1v) is 4.40. The molecular formula is C10H11F2NO3. The van der Waals surface area contributed by atoms with Crippen molar-refractivity contribution in [2.45, 2.75) is 12.0 Å². The average molecular weight is 231 g/mol. The minimum Gasteiger partial charge on any atom is -0.497 e. The summed E-state index contributed by atoms with van der Waals surface area (Å²) >= 11 is 0. The van der Waals surface area contributed by atoms with E-state index in [9.17, 15) is 13.6 Å². The fraction of sp³-hybridized carbons (Fsp3) is 0.300. The number of hydrogen-bond donors (Lipinski definition) is 2. The SMILES string of the molecule is COc1ccc(C(N)C(F)(F)C(=O)O)cc1. The lowest BCUT2D eigenvalue weighted by molar-refractivity contribution is -0.168. The molecule has 1 rings (SSSR count). The number of carboxylic acid groups (broad SMARTS) is 1. The predicted molar refractivity (Wildman–Crippen MR) is 52.5 cm³/mol. The van der Waals surface area contributed by atoms with Gasteiger partial charge in [0.15, 0.2) is 0 Å². The Kier molecular flexibility index (Phi) is 3.44. The van der Waals surface area contributed by atoms with E-state index in [0.29, 0.717) is 5.75 Å². The molecule has 0 radical (unpaired) electrons. The van der Waals surface area contributed by atoms with Gasteiger partial charge in [-0.25, -0.2) is 4.79 Å². The van der Waals surface area contributed by atoms with Crippen LogP contribution in [0.1, 0.15) is 11.6 Å². The van der Waals surface area contributed by atoms with Crippen molar-refractivity contribution in [3.8, 4) is 5.75 Å². The van der Waals surface area contributed by atoms with Crippen molar-refractivity contribution in [3.63, 3.8) is 0 Å². The molecule has 6 heteroatoms. The minimum atomic E-state index is -3.99. The predicted octanol–water partition coefficient (Wildman–Crippen LogP) is 1.41. The molecule has 0 bridgehead atoms. The van der Waals surface area contributed by atoms with Crippen LogP contribution in [0.2, 0.25) is 0 Å². The van der Waals surface area contributed by atoms with Gasteiger partial charge in [0, 0.05) is 0 Å². The monoisotopic (exact) mass is 231 g/mol. The normalized spacial score (nSPS) is 13.2. The Labute approximate surface area is 90.6 Å². The number of halogens is 2. The maximum absolute atomic E-state index is 13.1. The molecule has 1 aromatic carbocycles. The second kappa shape index (κ2) is 4.44. The lowest BCUT2D eigenvalue weighted by Crippen LogP contribution is -2.40. The fourth-order valence-corrected chi connectivity index (χ4v) is 1.15. The van der Waals surface area contributed by atoms with Crippen LogP contribution in [0.25, 0.3) is 0 Å². The van der Waals surface area contributed by atoms with Crippen molar-refractivity contribution >= 4 is 5.97 Å². The van der Waals surface area contributed by atoms with Gasteiger partial charge in [0.25, 0.3) is 0 Å². The van der Waals surface area contributed by atoms with Crippen LogP contribution in [-0.2, 0) is 4.79 Å². The van der Waals surface area contributed by atoms with Crippen LogP contribution < -0.4 is 10.5 Å². The van der Waals surface area contributed by atoms with Gasteiger partial charge in [0.1, 0.15) is 11.8 Å². The molecule has 16 heavy (non-hydrogen) atoms. The number of carbonyl (C=O) groups is 1. The summed E-state index contributed by atoms with van der Waals surface area (Å²) in [6, 6.07) is 3.61. The smallest absolute Gasteiger partial charge is 0.376 e. The third-order valence-electron chi connectivity index (χ3n) is 2.15. The zero-order chi connectivity index (χ0) is 12.3. The molecular weight excluding hydrogens is 220 g/mol. The van der Waals surface area contributed by atoms with Gasteiger partial charge in [-0.3, -0.25) is 0 Å². The molecule has 0 aliphatic carbocycles. The van der Waals surface area contributed by atoms with E-state index < -0.39 is 17.9 Å². The second-order valence-electron chi connectivity index (χ2n) is 3.18. The lowest BCUT2D eigenvalue weighted by Gasteiger charge is -2.19. The molecule has 0 heterocycles. The topological polar surface area (TPSA) is 72.5 Å². The zero-order valence-electron chi connectivity index (χ0n) is 8.48. The Morgan fingerprint density at radius 3 is 2.31 bits per heavy atom. The summed E-state index contributed by atoms with van der Waals surface area (Å²) in [6.45, 7) is 0. The van der Waals surface area contributed by atoms with Crippen molar-refractivity contribution in [2.75, 3.05) is 7.11 Å². The molecule has 1 aromatic rings. The van der Waals surface area contributed by atoms with Crippen LogP contribution in [0.4, 0.5) is 8.78 Å².